The van der Waals surface area contributed by atoms with Gasteiger partial charge in [-0.2, -0.15) is 0 Å². The minimum atomic E-state index is -0.483. The average Bonchev–Trinajstić information content (AvgIpc) is 2.82. The standard InChI is InChI=1S/C26H32N2O6/c1-28(17-18-10-6-7-11-22(18)33-3)13-9-5-4-8-12-27-26(31)24-16-21(30)25-20(29)14-19(32-2)15-23(25)34-24/h6-7,10-11,14-16,29H,4-5,8-9,12-13,17H2,1-3H3,(H,27,31). The molecule has 1 aromatic heterocycles. The molecule has 0 spiro atoms. The van der Waals surface area contributed by atoms with Crippen molar-refractivity contribution in [3.05, 3.63) is 64.0 Å². The number of carbonyl (C=O) groups excluding carboxylic acids is 1. The van der Waals surface area contributed by atoms with E-state index in [0.29, 0.717) is 12.3 Å². The third-order valence-electron chi connectivity index (χ3n) is 5.63. The number of methoxy groups -OCH3 is 2. The van der Waals surface area contributed by atoms with Crippen LogP contribution in [0, 0.1) is 0 Å². The molecule has 0 bridgehead atoms. The minimum Gasteiger partial charge on any atom is -0.507 e. The Kier molecular flexibility index (Phi) is 8.93. The normalized spacial score (nSPS) is 11.1. The number of amides is 1. The van der Waals surface area contributed by atoms with Gasteiger partial charge in [-0.15, -0.1) is 0 Å². The van der Waals surface area contributed by atoms with Crippen molar-refractivity contribution in [2.75, 3.05) is 34.4 Å². The Hall–Kier alpha value is -3.52. The SMILES string of the molecule is COc1cc(O)c2c(=O)cc(C(=O)NCCCCCCN(C)Cc3ccccc3OC)oc2c1. The average molecular weight is 469 g/mol. The molecular weight excluding hydrogens is 436 g/mol. The van der Waals surface area contributed by atoms with Crippen LogP contribution < -0.4 is 20.2 Å². The number of benzene rings is 2. The Morgan fingerprint density at radius 2 is 1.82 bits per heavy atom. The van der Waals surface area contributed by atoms with Crippen LogP contribution in [0.3, 0.4) is 0 Å². The van der Waals surface area contributed by atoms with Crippen LogP contribution in [-0.4, -0.2) is 50.3 Å². The van der Waals surface area contributed by atoms with Crippen LogP contribution in [0.2, 0.25) is 0 Å². The summed E-state index contributed by atoms with van der Waals surface area (Å²) in [7, 11) is 5.22. The zero-order valence-corrected chi connectivity index (χ0v) is 19.9. The van der Waals surface area contributed by atoms with Crippen molar-refractivity contribution in [2.45, 2.75) is 32.2 Å². The summed E-state index contributed by atoms with van der Waals surface area (Å²) in [4.78, 5) is 27.0. The number of ether oxygens (including phenoxy) is 2. The molecule has 2 aromatic carbocycles. The molecule has 0 saturated carbocycles. The molecule has 182 valence electrons. The summed E-state index contributed by atoms with van der Waals surface area (Å²) in [5.74, 6) is 0.437. The molecule has 0 fully saturated rings. The second-order valence-corrected chi connectivity index (χ2v) is 8.21. The van der Waals surface area contributed by atoms with E-state index in [9.17, 15) is 14.7 Å². The number of rotatable bonds is 12. The van der Waals surface area contributed by atoms with E-state index in [2.05, 4.69) is 23.3 Å². The van der Waals surface area contributed by atoms with Crippen molar-refractivity contribution in [3.8, 4) is 17.2 Å². The van der Waals surface area contributed by atoms with Gasteiger partial charge in [0.05, 0.1) is 14.2 Å². The van der Waals surface area contributed by atoms with Crippen LogP contribution >= 0.6 is 0 Å². The van der Waals surface area contributed by atoms with E-state index in [1.807, 2.05) is 18.2 Å². The third-order valence-corrected chi connectivity index (χ3v) is 5.63. The lowest BCUT2D eigenvalue weighted by molar-refractivity contribution is 0.0925. The quantitative estimate of drug-likeness (QED) is 0.388. The molecule has 0 unspecified atom stereocenters. The number of fused-ring (bicyclic) bond motifs is 1. The molecule has 0 aliphatic heterocycles. The van der Waals surface area contributed by atoms with Gasteiger partial charge in [0.2, 0.25) is 0 Å². The lowest BCUT2D eigenvalue weighted by atomic mass is 10.1. The maximum atomic E-state index is 12.4. The van der Waals surface area contributed by atoms with E-state index in [4.69, 9.17) is 13.9 Å². The maximum absolute atomic E-state index is 12.4. The molecule has 0 atom stereocenters. The van der Waals surface area contributed by atoms with Crippen molar-refractivity contribution >= 4 is 16.9 Å². The third kappa shape index (κ3) is 6.51. The fourth-order valence-corrected chi connectivity index (χ4v) is 3.83. The van der Waals surface area contributed by atoms with Gasteiger partial charge in [-0.1, -0.05) is 31.0 Å². The molecule has 3 rings (SSSR count). The summed E-state index contributed by atoms with van der Waals surface area (Å²) >= 11 is 0. The highest BCUT2D eigenvalue weighted by atomic mass is 16.5. The van der Waals surface area contributed by atoms with E-state index < -0.39 is 11.3 Å². The molecule has 8 nitrogen and oxygen atoms in total. The first-order chi connectivity index (χ1) is 16.4. The Balaban J connectivity index is 1.40. The smallest absolute Gasteiger partial charge is 0.287 e. The number of aromatic hydroxyl groups is 1. The second kappa shape index (κ2) is 12.1. The Morgan fingerprint density at radius 3 is 2.59 bits per heavy atom. The minimum absolute atomic E-state index is 0.0213. The maximum Gasteiger partial charge on any atom is 0.287 e. The monoisotopic (exact) mass is 468 g/mol. The first-order valence-electron chi connectivity index (χ1n) is 11.4. The lowest BCUT2D eigenvalue weighted by Crippen LogP contribution is -2.25. The highest BCUT2D eigenvalue weighted by Crippen LogP contribution is 2.28. The number of nitrogens with zero attached hydrogens (tertiary/aromatic N) is 1. The molecule has 0 aliphatic rings. The fraction of sp³-hybridized carbons (Fsp3) is 0.385. The molecule has 0 aliphatic carbocycles. The molecular formula is C26H32N2O6. The summed E-state index contributed by atoms with van der Waals surface area (Å²) in [6.07, 6.45) is 3.92. The number of carbonyl (C=O) groups is 1. The van der Waals surface area contributed by atoms with Crippen molar-refractivity contribution in [1.29, 1.82) is 0 Å². The van der Waals surface area contributed by atoms with Crippen molar-refractivity contribution < 1.29 is 23.8 Å². The molecule has 2 N–H and O–H groups in total. The van der Waals surface area contributed by atoms with Crippen LogP contribution in [0.4, 0.5) is 0 Å². The van der Waals surface area contributed by atoms with Gasteiger partial charge in [-0.3, -0.25) is 9.59 Å². The highest BCUT2D eigenvalue weighted by Gasteiger charge is 2.15. The van der Waals surface area contributed by atoms with Gasteiger partial charge in [-0.25, -0.2) is 0 Å². The van der Waals surface area contributed by atoms with Crippen molar-refractivity contribution in [3.63, 3.8) is 0 Å². The van der Waals surface area contributed by atoms with Crippen LogP contribution in [-0.2, 0) is 6.54 Å². The lowest BCUT2D eigenvalue weighted by Gasteiger charge is -2.18. The van der Waals surface area contributed by atoms with Crippen molar-refractivity contribution in [1.82, 2.24) is 10.2 Å². The van der Waals surface area contributed by atoms with Gasteiger partial charge >= 0.3 is 0 Å². The molecule has 0 radical (unpaired) electrons. The number of para-hydroxylation sites is 1. The molecule has 8 heteroatoms. The van der Waals surface area contributed by atoms with Crippen LogP contribution in [0.15, 0.2) is 51.7 Å². The zero-order chi connectivity index (χ0) is 24.5. The molecule has 3 aromatic rings. The zero-order valence-electron chi connectivity index (χ0n) is 19.9. The number of phenols is 1. The van der Waals surface area contributed by atoms with E-state index in [-0.39, 0.29) is 22.5 Å². The number of hydrogen-bond donors (Lipinski definition) is 2. The summed E-state index contributed by atoms with van der Waals surface area (Å²) < 4.78 is 16.0. The first-order valence-corrected chi connectivity index (χ1v) is 11.4. The summed E-state index contributed by atoms with van der Waals surface area (Å²) in [5.41, 5.74) is 0.791. The fourth-order valence-electron chi connectivity index (χ4n) is 3.83. The Morgan fingerprint density at radius 1 is 1.06 bits per heavy atom. The van der Waals surface area contributed by atoms with Gasteiger partial charge in [0.25, 0.3) is 5.91 Å². The van der Waals surface area contributed by atoms with Gasteiger partial charge < -0.3 is 29.2 Å². The van der Waals surface area contributed by atoms with Gasteiger partial charge in [0, 0.05) is 36.9 Å². The molecule has 0 saturated heterocycles. The van der Waals surface area contributed by atoms with E-state index >= 15 is 0 Å². The van der Waals surface area contributed by atoms with Crippen LogP contribution in [0.5, 0.6) is 17.2 Å². The van der Waals surface area contributed by atoms with E-state index in [1.54, 1.807) is 7.11 Å². The van der Waals surface area contributed by atoms with Crippen LogP contribution in [0.25, 0.3) is 11.0 Å². The molecule has 34 heavy (non-hydrogen) atoms. The second-order valence-electron chi connectivity index (χ2n) is 8.21. The summed E-state index contributed by atoms with van der Waals surface area (Å²) in [6, 6.07) is 11.9. The van der Waals surface area contributed by atoms with Crippen molar-refractivity contribution in [2.24, 2.45) is 0 Å². The highest BCUT2D eigenvalue weighted by molar-refractivity contribution is 5.94. The topological polar surface area (TPSA) is 101 Å². The van der Waals surface area contributed by atoms with E-state index in [1.165, 1.54) is 24.8 Å². The molecule has 1 heterocycles. The predicted octanol–water partition coefficient (Wildman–Crippen LogP) is 3.94. The van der Waals surface area contributed by atoms with Gasteiger partial charge in [-0.05, 0) is 32.5 Å². The summed E-state index contributed by atoms with van der Waals surface area (Å²) in [6.45, 7) is 2.30. The van der Waals surface area contributed by atoms with Gasteiger partial charge in [0.15, 0.2) is 11.2 Å². The number of nitrogens with one attached hydrogen (secondary N) is 1. The summed E-state index contributed by atoms with van der Waals surface area (Å²) in [5, 5.41) is 12.8. The Labute approximate surface area is 199 Å². The molecule has 1 amide bonds. The van der Waals surface area contributed by atoms with Gasteiger partial charge in [0.1, 0.15) is 28.2 Å². The Bertz CT molecular complexity index is 1170. The number of unbranched alkanes of at least 4 members (excludes halogenated alkanes) is 3. The number of hydrogen-bond acceptors (Lipinski definition) is 7. The first kappa shape index (κ1) is 25.1. The van der Waals surface area contributed by atoms with E-state index in [0.717, 1.165) is 50.6 Å². The predicted molar refractivity (Wildman–Crippen MR) is 131 cm³/mol. The number of phenolic OH excluding ortho intramolecular Hbond substituents is 1. The van der Waals surface area contributed by atoms with Crippen LogP contribution in [0.1, 0.15) is 41.8 Å². The largest absolute Gasteiger partial charge is 0.507 e.